The second-order valence-corrected chi connectivity index (χ2v) is 1.67. The minimum atomic E-state index is 1.34. The zero-order valence-corrected chi connectivity index (χ0v) is 7.85. The molecule has 2 N–H and O–H groups in total. The maximum absolute atomic E-state index is 4.50. The van der Waals surface area contributed by atoms with Gasteiger partial charge in [-0.15, -0.1) is 0 Å². The fourth-order valence-electron chi connectivity index (χ4n) is 0.354. The summed E-state index contributed by atoms with van der Waals surface area (Å²) >= 11 is 0. The molecule has 0 radical (unpaired) electrons. The SMILES string of the molecule is C=NC.CCCCC.CN. The topological polar surface area (TPSA) is 38.4 Å². The van der Waals surface area contributed by atoms with Crippen LogP contribution in [0.25, 0.3) is 0 Å². The molecule has 0 aliphatic heterocycles. The fourth-order valence-corrected chi connectivity index (χ4v) is 0.354. The van der Waals surface area contributed by atoms with Crippen molar-refractivity contribution in [2.75, 3.05) is 14.1 Å². The van der Waals surface area contributed by atoms with Gasteiger partial charge in [0, 0.05) is 7.05 Å². The quantitative estimate of drug-likeness (QED) is 0.595. The highest BCUT2D eigenvalue weighted by molar-refractivity contribution is 5.22. The highest BCUT2D eigenvalue weighted by atomic mass is 14.6. The van der Waals surface area contributed by atoms with Gasteiger partial charge in [0.25, 0.3) is 0 Å². The summed E-state index contributed by atoms with van der Waals surface area (Å²) in [6.07, 6.45) is 4.08. The van der Waals surface area contributed by atoms with Crippen molar-refractivity contribution in [3.63, 3.8) is 0 Å². The normalized spacial score (nSPS) is 6.10. The van der Waals surface area contributed by atoms with Crippen molar-refractivity contribution in [3.8, 4) is 0 Å². The van der Waals surface area contributed by atoms with Gasteiger partial charge in [-0.25, -0.2) is 0 Å². The number of nitrogens with two attached hydrogens (primary N) is 1. The van der Waals surface area contributed by atoms with Crippen LogP contribution in [0.1, 0.15) is 33.1 Å². The van der Waals surface area contributed by atoms with E-state index >= 15 is 0 Å². The van der Waals surface area contributed by atoms with E-state index in [9.17, 15) is 0 Å². The minimum absolute atomic E-state index is 1.34. The first-order valence-corrected chi connectivity index (χ1v) is 3.76. The van der Waals surface area contributed by atoms with Gasteiger partial charge in [-0.2, -0.15) is 0 Å². The largest absolute Gasteiger partial charge is 0.333 e. The fraction of sp³-hybridized carbons (Fsp3) is 0.875. The van der Waals surface area contributed by atoms with Gasteiger partial charge >= 0.3 is 0 Å². The molecule has 0 amide bonds. The first-order valence-electron chi connectivity index (χ1n) is 3.76. The van der Waals surface area contributed by atoms with Gasteiger partial charge in [0.2, 0.25) is 0 Å². The molecule has 2 nitrogen and oxygen atoms in total. The molecule has 0 bridgehead atoms. The Morgan fingerprint density at radius 1 is 1.20 bits per heavy atom. The summed E-state index contributed by atoms with van der Waals surface area (Å²) < 4.78 is 0. The Balaban J connectivity index is -0.0000000847. The summed E-state index contributed by atoms with van der Waals surface area (Å²) in [5.74, 6) is 0. The molecule has 0 aliphatic carbocycles. The highest BCUT2D eigenvalue weighted by Gasteiger charge is 1.68. The van der Waals surface area contributed by atoms with E-state index in [-0.39, 0.29) is 0 Å². The molecular weight excluding hydrogens is 124 g/mol. The van der Waals surface area contributed by atoms with E-state index in [2.05, 4.69) is 31.3 Å². The monoisotopic (exact) mass is 146 g/mol. The zero-order valence-electron chi connectivity index (χ0n) is 7.85. The van der Waals surface area contributed by atoms with Crippen LogP contribution in [0.5, 0.6) is 0 Å². The smallest absolute Gasteiger partial charge is 0.0269 e. The van der Waals surface area contributed by atoms with Crippen molar-refractivity contribution in [3.05, 3.63) is 0 Å². The Hall–Kier alpha value is -0.370. The molecule has 0 atom stereocenters. The molecule has 0 unspecified atom stereocenters. The molecule has 0 aliphatic rings. The van der Waals surface area contributed by atoms with E-state index in [1.54, 1.807) is 7.05 Å². The molecule has 0 fully saturated rings. The summed E-state index contributed by atoms with van der Waals surface area (Å²) in [5.41, 5.74) is 4.50. The summed E-state index contributed by atoms with van der Waals surface area (Å²) in [7, 11) is 3.14. The van der Waals surface area contributed by atoms with Gasteiger partial charge < -0.3 is 10.7 Å². The molecule has 0 heterocycles. The summed E-state index contributed by atoms with van der Waals surface area (Å²) in [4.78, 5) is 3.25. The molecule has 0 spiro atoms. The van der Waals surface area contributed by atoms with Gasteiger partial charge in [-0.3, -0.25) is 0 Å². The average Bonchev–Trinajstić information content (AvgIpc) is 1.96. The second-order valence-electron chi connectivity index (χ2n) is 1.67. The minimum Gasteiger partial charge on any atom is -0.333 e. The molecule has 0 aromatic rings. The standard InChI is InChI=1S/C5H12.C2H5N.CH5N/c1-3-5-4-2;1-3-2;1-2/h3-5H2,1-2H3;1H2,2H3;2H2,1H3. The van der Waals surface area contributed by atoms with Crippen LogP contribution in [0.15, 0.2) is 4.99 Å². The van der Waals surface area contributed by atoms with Crippen molar-refractivity contribution in [1.82, 2.24) is 0 Å². The van der Waals surface area contributed by atoms with Crippen molar-refractivity contribution in [2.24, 2.45) is 10.7 Å². The lowest BCUT2D eigenvalue weighted by Gasteiger charge is -1.79. The van der Waals surface area contributed by atoms with Crippen molar-refractivity contribution < 1.29 is 0 Å². The Kier molecular flexibility index (Phi) is 62.2. The number of hydrogen-bond acceptors (Lipinski definition) is 2. The van der Waals surface area contributed by atoms with E-state index < -0.39 is 0 Å². The van der Waals surface area contributed by atoms with Gasteiger partial charge in [0.15, 0.2) is 0 Å². The molecule has 0 saturated carbocycles. The predicted octanol–water partition coefficient (Wildman–Crippen LogP) is 2.09. The van der Waals surface area contributed by atoms with E-state index in [4.69, 9.17) is 0 Å². The maximum atomic E-state index is 4.50. The first kappa shape index (κ1) is 16.3. The summed E-state index contributed by atoms with van der Waals surface area (Å²) in [5, 5.41) is 0. The van der Waals surface area contributed by atoms with Crippen LogP contribution >= 0.6 is 0 Å². The van der Waals surface area contributed by atoms with Gasteiger partial charge in [0.05, 0.1) is 0 Å². The maximum Gasteiger partial charge on any atom is 0.0269 e. The number of rotatable bonds is 2. The second kappa shape index (κ2) is 38.1. The first-order chi connectivity index (χ1) is 4.83. The van der Waals surface area contributed by atoms with E-state index in [0.717, 1.165) is 0 Å². The van der Waals surface area contributed by atoms with Crippen LogP contribution in [0.2, 0.25) is 0 Å². The number of hydrogen-bond donors (Lipinski definition) is 1. The molecule has 0 aromatic carbocycles. The lowest BCUT2D eigenvalue weighted by Crippen LogP contribution is -1.69. The molecular formula is C8H22N2. The molecule has 0 rings (SSSR count). The third kappa shape index (κ3) is 126. The molecule has 10 heavy (non-hydrogen) atoms. The zero-order chi connectivity index (χ0) is 8.83. The summed E-state index contributed by atoms with van der Waals surface area (Å²) in [6, 6.07) is 0. The van der Waals surface area contributed by atoms with Crippen LogP contribution in [0.4, 0.5) is 0 Å². The van der Waals surface area contributed by atoms with Crippen LogP contribution < -0.4 is 5.73 Å². The Morgan fingerprint density at radius 2 is 1.40 bits per heavy atom. The molecule has 0 saturated heterocycles. The summed E-state index contributed by atoms with van der Waals surface area (Å²) in [6.45, 7) is 7.53. The molecule has 2 heteroatoms. The Morgan fingerprint density at radius 3 is 1.40 bits per heavy atom. The van der Waals surface area contributed by atoms with Gasteiger partial charge in [0.1, 0.15) is 0 Å². The third-order valence-electron chi connectivity index (χ3n) is 0.707. The third-order valence-corrected chi connectivity index (χ3v) is 0.707. The van der Waals surface area contributed by atoms with Crippen LogP contribution in [-0.4, -0.2) is 20.8 Å². The molecule has 64 valence electrons. The van der Waals surface area contributed by atoms with E-state index in [1.165, 1.54) is 26.3 Å². The van der Waals surface area contributed by atoms with E-state index in [1.807, 2.05) is 0 Å². The lowest BCUT2D eigenvalue weighted by atomic mass is 10.3. The van der Waals surface area contributed by atoms with Gasteiger partial charge in [-0.1, -0.05) is 33.1 Å². The van der Waals surface area contributed by atoms with Crippen molar-refractivity contribution in [2.45, 2.75) is 33.1 Å². The number of aliphatic imine (C=N–C) groups is 1. The van der Waals surface area contributed by atoms with Crippen LogP contribution in [-0.2, 0) is 0 Å². The Labute approximate surface area is 65.5 Å². The van der Waals surface area contributed by atoms with Crippen molar-refractivity contribution >= 4 is 6.72 Å². The number of unbranched alkanes of at least 4 members (excludes halogenated alkanes) is 2. The number of nitrogens with zero attached hydrogens (tertiary/aromatic N) is 1. The lowest BCUT2D eigenvalue weighted by molar-refractivity contribution is 0.772. The highest BCUT2D eigenvalue weighted by Crippen LogP contribution is 1.88. The molecule has 0 aromatic heterocycles. The van der Waals surface area contributed by atoms with Crippen molar-refractivity contribution in [1.29, 1.82) is 0 Å². The Bertz CT molecular complexity index is 34.2. The van der Waals surface area contributed by atoms with Crippen LogP contribution in [0, 0.1) is 0 Å². The van der Waals surface area contributed by atoms with Crippen LogP contribution in [0.3, 0.4) is 0 Å². The van der Waals surface area contributed by atoms with Gasteiger partial charge in [-0.05, 0) is 13.8 Å². The average molecular weight is 146 g/mol. The predicted molar refractivity (Wildman–Crippen MR) is 50.8 cm³/mol. The van der Waals surface area contributed by atoms with E-state index in [0.29, 0.717) is 0 Å².